The summed E-state index contributed by atoms with van der Waals surface area (Å²) < 4.78 is 0. The van der Waals surface area contributed by atoms with Gasteiger partial charge in [0.25, 0.3) is 0 Å². The van der Waals surface area contributed by atoms with Gasteiger partial charge in [-0.15, -0.1) is 0 Å². The van der Waals surface area contributed by atoms with Crippen LogP contribution in [-0.2, 0) is 6.42 Å². The molecule has 0 aromatic heterocycles. The Hall–Kier alpha value is -1.60. The molecule has 0 saturated heterocycles. The lowest BCUT2D eigenvalue weighted by Crippen LogP contribution is -2.18. The molecule has 0 bridgehead atoms. The SMILES string of the molecule is Cc1cccc(CC(O)C(C)c2ccccc2)c1. The van der Waals surface area contributed by atoms with Gasteiger partial charge in [0.15, 0.2) is 0 Å². The first-order valence-electron chi connectivity index (χ1n) is 6.45. The van der Waals surface area contributed by atoms with Gasteiger partial charge in [-0.3, -0.25) is 0 Å². The van der Waals surface area contributed by atoms with Crippen LogP contribution < -0.4 is 0 Å². The molecule has 94 valence electrons. The summed E-state index contributed by atoms with van der Waals surface area (Å²) in [5.74, 6) is 0.159. The Balaban J connectivity index is 2.06. The average molecular weight is 240 g/mol. The predicted molar refractivity (Wildman–Crippen MR) is 75.7 cm³/mol. The number of aliphatic hydroxyl groups is 1. The van der Waals surface area contributed by atoms with Gasteiger partial charge in [0.05, 0.1) is 6.10 Å². The number of aliphatic hydroxyl groups excluding tert-OH is 1. The van der Waals surface area contributed by atoms with Crippen molar-refractivity contribution in [2.45, 2.75) is 32.3 Å². The Labute approximate surface area is 109 Å². The largest absolute Gasteiger partial charge is 0.392 e. The minimum absolute atomic E-state index is 0.159. The van der Waals surface area contributed by atoms with Crippen LogP contribution in [-0.4, -0.2) is 11.2 Å². The van der Waals surface area contributed by atoms with Crippen molar-refractivity contribution in [2.24, 2.45) is 0 Å². The molecular weight excluding hydrogens is 220 g/mol. The van der Waals surface area contributed by atoms with Crippen LogP contribution in [0.4, 0.5) is 0 Å². The summed E-state index contributed by atoms with van der Waals surface area (Å²) in [6.07, 6.45) is 0.367. The van der Waals surface area contributed by atoms with E-state index in [1.165, 1.54) is 16.7 Å². The molecule has 0 aliphatic rings. The maximum absolute atomic E-state index is 10.3. The standard InChI is InChI=1S/C17H20O/c1-13-7-6-8-15(11-13)12-17(18)14(2)16-9-4-3-5-10-16/h3-11,14,17-18H,12H2,1-2H3. The van der Waals surface area contributed by atoms with Crippen molar-refractivity contribution >= 4 is 0 Å². The molecule has 1 N–H and O–H groups in total. The fraction of sp³-hybridized carbons (Fsp3) is 0.294. The Morgan fingerprint density at radius 3 is 2.39 bits per heavy atom. The molecule has 0 spiro atoms. The lowest BCUT2D eigenvalue weighted by atomic mass is 9.91. The average Bonchev–Trinajstić information content (AvgIpc) is 2.39. The first kappa shape index (κ1) is 12.8. The van der Waals surface area contributed by atoms with Gasteiger partial charge in [-0.25, -0.2) is 0 Å². The zero-order valence-electron chi connectivity index (χ0n) is 11.0. The highest BCUT2D eigenvalue weighted by atomic mass is 16.3. The summed E-state index contributed by atoms with van der Waals surface area (Å²) in [5, 5.41) is 10.3. The van der Waals surface area contributed by atoms with Crippen molar-refractivity contribution in [2.75, 3.05) is 0 Å². The second-order valence-corrected chi connectivity index (χ2v) is 4.96. The maximum atomic E-state index is 10.3. The van der Waals surface area contributed by atoms with Crippen molar-refractivity contribution in [3.8, 4) is 0 Å². The highest BCUT2D eigenvalue weighted by molar-refractivity contribution is 5.25. The Morgan fingerprint density at radius 1 is 1.00 bits per heavy atom. The molecule has 0 fully saturated rings. The van der Waals surface area contributed by atoms with E-state index >= 15 is 0 Å². The Bertz CT molecular complexity index is 490. The molecule has 1 heteroatoms. The summed E-state index contributed by atoms with van der Waals surface area (Å²) in [6.45, 7) is 4.16. The first-order chi connectivity index (χ1) is 8.66. The van der Waals surface area contributed by atoms with Crippen LogP contribution in [0.1, 0.15) is 29.5 Å². The van der Waals surface area contributed by atoms with E-state index < -0.39 is 0 Å². The van der Waals surface area contributed by atoms with Crippen LogP contribution >= 0.6 is 0 Å². The topological polar surface area (TPSA) is 20.2 Å². The highest BCUT2D eigenvalue weighted by Crippen LogP contribution is 2.21. The first-order valence-corrected chi connectivity index (χ1v) is 6.45. The molecule has 0 amide bonds. The second-order valence-electron chi connectivity index (χ2n) is 4.96. The van der Waals surface area contributed by atoms with Crippen molar-refractivity contribution in [3.63, 3.8) is 0 Å². The molecule has 0 aliphatic carbocycles. The van der Waals surface area contributed by atoms with Crippen LogP contribution in [0.2, 0.25) is 0 Å². The van der Waals surface area contributed by atoms with Crippen LogP contribution in [0.15, 0.2) is 54.6 Å². The fourth-order valence-corrected chi connectivity index (χ4v) is 2.24. The molecule has 1 nitrogen and oxygen atoms in total. The van der Waals surface area contributed by atoms with E-state index in [1.807, 2.05) is 24.3 Å². The normalized spacial score (nSPS) is 14.2. The second kappa shape index (κ2) is 5.83. The minimum atomic E-state index is -0.339. The van der Waals surface area contributed by atoms with E-state index in [1.54, 1.807) is 0 Å². The van der Waals surface area contributed by atoms with Gasteiger partial charge in [0, 0.05) is 5.92 Å². The van der Waals surface area contributed by atoms with Crippen LogP contribution in [0, 0.1) is 6.92 Å². The number of rotatable bonds is 4. The monoisotopic (exact) mass is 240 g/mol. The van der Waals surface area contributed by atoms with Gasteiger partial charge in [-0.2, -0.15) is 0 Å². The summed E-state index contributed by atoms with van der Waals surface area (Å²) in [7, 11) is 0. The van der Waals surface area contributed by atoms with Gasteiger partial charge in [0.2, 0.25) is 0 Å². The van der Waals surface area contributed by atoms with E-state index in [4.69, 9.17) is 0 Å². The molecule has 2 atom stereocenters. The predicted octanol–water partition coefficient (Wildman–Crippen LogP) is 3.70. The number of aryl methyl sites for hydroxylation is 1. The third-order valence-electron chi connectivity index (χ3n) is 3.43. The number of benzene rings is 2. The van der Waals surface area contributed by atoms with E-state index in [0.29, 0.717) is 6.42 Å². The van der Waals surface area contributed by atoms with Crippen LogP contribution in [0.3, 0.4) is 0 Å². The molecule has 0 radical (unpaired) electrons. The summed E-state index contributed by atoms with van der Waals surface area (Å²) in [5.41, 5.74) is 3.63. The molecule has 0 heterocycles. The van der Waals surface area contributed by atoms with Crippen molar-refractivity contribution in [1.82, 2.24) is 0 Å². The highest BCUT2D eigenvalue weighted by Gasteiger charge is 2.16. The lowest BCUT2D eigenvalue weighted by Gasteiger charge is -2.19. The van der Waals surface area contributed by atoms with Gasteiger partial charge in [-0.05, 0) is 24.5 Å². The van der Waals surface area contributed by atoms with E-state index in [-0.39, 0.29) is 12.0 Å². The molecule has 0 aliphatic heterocycles. The van der Waals surface area contributed by atoms with Gasteiger partial charge in [-0.1, -0.05) is 67.1 Å². The fourth-order valence-electron chi connectivity index (χ4n) is 2.24. The van der Waals surface area contributed by atoms with Crippen LogP contribution in [0.25, 0.3) is 0 Å². The van der Waals surface area contributed by atoms with Gasteiger partial charge < -0.3 is 5.11 Å². The molecule has 2 rings (SSSR count). The molecule has 2 aromatic rings. The van der Waals surface area contributed by atoms with Crippen LogP contribution in [0.5, 0.6) is 0 Å². The molecule has 0 saturated carbocycles. The minimum Gasteiger partial charge on any atom is -0.392 e. The molecular formula is C17H20O. The van der Waals surface area contributed by atoms with Crippen molar-refractivity contribution in [3.05, 3.63) is 71.3 Å². The van der Waals surface area contributed by atoms with Crippen molar-refractivity contribution < 1.29 is 5.11 Å². The zero-order chi connectivity index (χ0) is 13.0. The maximum Gasteiger partial charge on any atom is 0.0646 e. The summed E-state index contributed by atoms with van der Waals surface area (Å²) >= 11 is 0. The van der Waals surface area contributed by atoms with E-state index in [0.717, 1.165) is 0 Å². The Kier molecular flexibility index (Phi) is 4.16. The lowest BCUT2D eigenvalue weighted by molar-refractivity contribution is 0.149. The molecule has 2 unspecified atom stereocenters. The van der Waals surface area contributed by atoms with Crippen molar-refractivity contribution in [1.29, 1.82) is 0 Å². The van der Waals surface area contributed by atoms with E-state index in [2.05, 4.69) is 44.2 Å². The number of hydrogen-bond donors (Lipinski definition) is 1. The summed E-state index contributed by atoms with van der Waals surface area (Å²) in [4.78, 5) is 0. The molecule has 2 aromatic carbocycles. The smallest absolute Gasteiger partial charge is 0.0646 e. The quantitative estimate of drug-likeness (QED) is 0.864. The van der Waals surface area contributed by atoms with E-state index in [9.17, 15) is 5.11 Å². The zero-order valence-corrected chi connectivity index (χ0v) is 11.0. The molecule has 18 heavy (non-hydrogen) atoms. The van der Waals surface area contributed by atoms with Gasteiger partial charge >= 0.3 is 0 Å². The number of hydrogen-bond acceptors (Lipinski definition) is 1. The van der Waals surface area contributed by atoms with Gasteiger partial charge in [0.1, 0.15) is 0 Å². The summed E-state index contributed by atoms with van der Waals surface area (Å²) in [6, 6.07) is 18.5. The Morgan fingerprint density at radius 2 is 1.72 bits per heavy atom. The third kappa shape index (κ3) is 3.21. The third-order valence-corrected chi connectivity index (χ3v) is 3.43.